The van der Waals surface area contributed by atoms with Crippen LogP contribution in [0.2, 0.25) is 0 Å². The Morgan fingerprint density at radius 2 is 2.11 bits per heavy atom. The van der Waals surface area contributed by atoms with Crippen molar-refractivity contribution < 1.29 is 19.8 Å². The molecule has 0 aliphatic carbocycles. The lowest BCUT2D eigenvalue weighted by atomic mass is 10.2. The van der Waals surface area contributed by atoms with Crippen molar-refractivity contribution in [2.45, 2.75) is 17.8 Å². The summed E-state index contributed by atoms with van der Waals surface area (Å²) >= 11 is 3.75. The Labute approximate surface area is 114 Å². The summed E-state index contributed by atoms with van der Waals surface area (Å²) in [6, 6.07) is -0.316. The molecule has 1 rings (SSSR count). The average Bonchev–Trinajstić information content (AvgIpc) is 2.37. The van der Waals surface area contributed by atoms with Crippen LogP contribution in [0.5, 0.6) is 0 Å². The number of nitrogens with one attached hydrogen (secondary N) is 2. The summed E-state index contributed by atoms with van der Waals surface area (Å²) in [7, 11) is 0. The highest BCUT2D eigenvalue weighted by Gasteiger charge is 2.16. The van der Waals surface area contributed by atoms with Crippen LogP contribution in [0.25, 0.3) is 0 Å². The number of carbonyl (C=O) groups is 2. The summed E-state index contributed by atoms with van der Waals surface area (Å²) in [4.78, 5) is 21.7. The first kappa shape index (κ1) is 15.5. The molecule has 1 saturated heterocycles. The lowest BCUT2D eigenvalue weighted by Gasteiger charge is -2.21. The van der Waals surface area contributed by atoms with Crippen LogP contribution in [0.4, 0.5) is 4.79 Å². The molecule has 6 nitrogen and oxygen atoms in total. The maximum Gasteiger partial charge on any atom is 0.332 e. The van der Waals surface area contributed by atoms with Crippen molar-refractivity contribution in [1.82, 2.24) is 10.6 Å². The van der Waals surface area contributed by atoms with Gasteiger partial charge in [-0.2, -0.15) is 23.5 Å². The molecule has 2 amide bonds. The Kier molecular flexibility index (Phi) is 7.29. The highest BCUT2D eigenvalue weighted by atomic mass is 32.2. The van der Waals surface area contributed by atoms with Gasteiger partial charge in [0.1, 0.15) is 0 Å². The van der Waals surface area contributed by atoms with Crippen LogP contribution in [0, 0.1) is 0 Å². The van der Waals surface area contributed by atoms with E-state index in [-0.39, 0.29) is 19.0 Å². The van der Waals surface area contributed by atoms with Crippen LogP contribution in [0.3, 0.4) is 0 Å². The van der Waals surface area contributed by atoms with Gasteiger partial charge in [-0.15, -0.1) is 0 Å². The fraction of sp³-hybridized carbons (Fsp3) is 0.800. The second-order valence-corrected chi connectivity index (χ2v) is 6.41. The zero-order chi connectivity index (χ0) is 13.4. The van der Waals surface area contributed by atoms with E-state index in [4.69, 9.17) is 10.2 Å². The van der Waals surface area contributed by atoms with Crippen molar-refractivity contribution >= 4 is 35.5 Å². The standard InChI is InChI=1S/C10H18N2O4S2/c13-8(9(14)15)1-2-11-10(16)12-5-7-6-17-3-4-18-7/h7-8,13H,1-6H2,(H,14,15)(H2,11,12,16)/t7?,8-/m0/s1. The molecule has 0 bridgehead atoms. The molecule has 104 valence electrons. The minimum Gasteiger partial charge on any atom is -0.479 e. The Hall–Kier alpha value is -0.600. The summed E-state index contributed by atoms with van der Waals surface area (Å²) < 4.78 is 0. The molecule has 1 aliphatic heterocycles. The molecule has 2 atom stereocenters. The van der Waals surface area contributed by atoms with E-state index < -0.39 is 12.1 Å². The number of carboxylic acids is 1. The minimum absolute atomic E-state index is 0.0107. The smallest absolute Gasteiger partial charge is 0.332 e. The van der Waals surface area contributed by atoms with Gasteiger partial charge in [0.2, 0.25) is 0 Å². The van der Waals surface area contributed by atoms with Gasteiger partial charge in [0.15, 0.2) is 6.10 Å². The third-order valence-corrected chi connectivity index (χ3v) is 5.21. The van der Waals surface area contributed by atoms with Gasteiger partial charge in [0, 0.05) is 42.0 Å². The third kappa shape index (κ3) is 6.36. The zero-order valence-electron chi connectivity index (χ0n) is 9.92. The normalized spacial score (nSPS) is 21.1. The molecule has 1 aliphatic rings. The number of aliphatic hydroxyl groups excluding tert-OH is 1. The summed E-state index contributed by atoms with van der Waals surface area (Å²) in [6.45, 7) is 0.761. The van der Waals surface area contributed by atoms with Gasteiger partial charge in [-0.25, -0.2) is 9.59 Å². The van der Waals surface area contributed by atoms with Crippen molar-refractivity contribution in [1.29, 1.82) is 0 Å². The second kappa shape index (κ2) is 8.49. The van der Waals surface area contributed by atoms with Crippen LogP contribution < -0.4 is 10.6 Å². The lowest BCUT2D eigenvalue weighted by molar-refractivity contribution is -0.146. The predicted molar refractivity (Wildman–Crippen MR) is 73.2 cm³/mol. The molecule has 0 aromatic carbocycles. The van der Waals surface area contributed by atoms with Crippen molar-refractivity contribution in [3.8, 4) is 0 Å². The molecule has 0 radical (unpaired) electrons. The van der Waals surface area contributed by atoms with E-state index in [0.717, 1.165) is 11.5 Å². The number of thioether (sulfide) groups is 2. The highest BCUT2D eigenvalue weighted by Crippen LogP contribution is 2.23. The number of rotatable bonds is 6. The summed E-state index contributed by atoms with van der Waals surface area (Å²) in [5, 5.41) is 23.1. The summed E-state index contributed by atoms with van der Waals surface area (Å²) in [5.41, 5.74) is 0. The van der Waals surface area contributed by atoms with Crippen LogP contribution in [-0.2, 0) is 4.79 Å². The fourth-order valence-corrected chi connectivity index (χ4v) is 3.98. The minimum atomic E-state index is -1.42. The highest BCUT2D eigenvalue weighted by molar-refractivity contribution is 8.06. The molecule has 8 heteroatoms. The fourth-order valence-electron chi connectivity index (χ4n) is 1.37. The Morgan fingerprint density at radius 3 is 2.72 bits per heavy atom. The molecular weight excluding hydrogens is 276 g/mol. The monoisotopic (exact) mass is 294 g/mol. The average molecular weight is 294 g/mol. The maximum atomic E-state index is 11.4. The molecule has 0 spiro atoms. The number of hydrogen-bond donors (Lipinski definition) is 4. The van der Waals surface area contributed by atoms with Crippen LogP contribution in [0.15, 0.2) is 0 Å². The third-order valence-electron chi connectivity index (χ3n) is 2.36. The van der Waals surface area contributed by atoms with Gasteiger partial charge in [0.25, 0.3) is 0 Å². The molecule has 1 fully saturated rings. The second-order valence-electron chi connectivity index (χ2n) is 3.85. The van der Waals surface area contributed by atoms with E-state index in [1.165, 1.54) is 5.75 Å². The molecule has 18 heavy (non-hydrogen) atoms. The molecule has 0 aromatic rings. The quantitative estimate of drug-likeness (QED) is 0.549. The summed E-state index contributed by atoms with van der Waals surface area (Å²) in [5.74, 6) is 2.06. The number of aliphatic hydroxyl groups is 1. The predicted octanol–water partition coefficient (Wildman–Crippen LogP) is -0.0302. The molecule has 4 N–H and O–H groups in total. The van der Waals surface area contributed by atoms with Gasteiger partial charge in [-0.3, -0.25) is 0 Å². The van der Waals surface area contributed by atoms with Crippen molar-refractivity contribution in [2.75, 3.05) is 30.3 Å². The van der Waals surface area contributed by atoms with E-state index in [0.29, 0.717) is 11.8 Å². The number of amides is 2. The lowest BCUT2D eigenvalue weighted by Crippen LogP contribution is -2.41. The van der Waals surface area contributed by atoms with Gasteiger partial charge in [-0.1, -0.05) is 0 Å². The molecular formula is C10H18N2O4S2. The van der Waals surface area contributed by atoms with Crippen LogP contribution in [-0.4, -0.2) is 63.9 Å². The first-order valence-corrected chi connectivity index (χ1v) is 7.92. The molecule has 0 aromatic heterocycles. The molecule has 1 unspecified atom stereocenters. The SMILES string of the molecule is O=C(NCC[C@H](O)C(=O)O)NCC1CSCCS1. The number of carboxylic acid groups (broad SMARTS) is 1. The van der Waals surface area contributed by atoms with Crippen molar-refractivity contribution in [3.05, 3.63) is 0 Å². The van der Waals surface area contributed by atoms with Gasteiger partial charge in [0.05, 0.1) is 0 Å². The Balaban J connectivity index is 2.04. The van der Waals surface area contributed by atoms with Crippen molar-refractivity contribution in [3.63, 3.8) is 0 Å². The van der Waals surface area contributed by atoms with Crippen LogP contribution in [0.1, 0.15) is 6.42 Å². The van der Waals surface area contributed by atoms with Crippen molar-refractivity contribution in [2.24, 2.45) is 0 Å². The van der Waals surface area contributed by atoms with E-state index in [1.807, 2.05) is 23.5 Å². The Morgan fingerprint density at radius 1 is 1.33 bits per heavy atom. The van der Waals surface area contributed by atoms with E-state index in [1.54, 1.807) is 0 Å². The number of carbonyl (C=O) groups excluding carboxylic acids is 1. The van der Waals surface area contributed by atoms with E-state index in [2.05, 4.69) is 10.6 Å². The largest absolute Gasteiger partial charge is 0.479 e. The van der Waals surface area contributed by atoms with Gasteiger partial charge in [-0.05, 0) is 0 Å². The van der Waals surface area contributed by atoms with Gasteiger partial charge >= 0.3 is 12.0 Å². The van der Waals surface area contributed by atoms with Crippen LogP contribution >= 0.6 is 23.5 Å². The molecule has 1 heterocycles. The zero-order valence-corrected chi connectivity index (χ0v) is 11.6. The summed E-state index contributed by atoms with van der Waals surface area (Å²) in [6.07, 6.45) is -1.41. The van der Waals surface area contributed by atoms with E-state index in [9.17, 15) is 9.59 Å². The number of aliphatic carboxylic acids is 1. The first-order valence-electron chi connectivity index (χ1n) is 5.71. The number of hydrogen-bond acceptors (Lipinski definition) is 5. The topological polar surface area (TPSA) is 98.7 Å². The maximum absolute atomic E-state index is 11.4. The van der Waals surface area contributed by atoms with Gasteiger partial charge < -0.3 is 20.8 Å². The number of urea groups is 1. The van der Waals surface area contributed by atoms with E-state index >= 15 is 0 Å². The molecule has 0 saturated carbocycles. The Bertz CT molecular complexity index is 285. The first-order chi connectivity index (χ1) is 8.59.